The minimum absolute atomic E-state index is 0.326. The molecule has 13 heavy (non-hydrogen) atoms. The van der Waals surface area contributed by atoms with Gasteiger partial charge in [-0.05, 0) is 32.9 Å². The molecule has 0 amide bonds. The second-order valence-electron chi connectivity index (χ2n) is 3.14. The fraction of sp³-hybridized carbons (Fsp3) is 0.556. The Kier molecular flexibility index (Phi) is 3.64. The van der Waals surface area contributed by atoms with Crippen molar-refractivity contribution in [3.05, 3.63) is 18.0 Å². The van der Waals surface area contributed by atoms with Crippen LogP contribution in [0, 0.1) is 6.92 Å². The van der Waals surface area contributed by atoms with E-state index >= 15 is 0 Å². The van der Waals surface area contributed by atoms with Crippen molar-refractivity contribution in [1.29, 1.82) is 0 Å². The summed E-state index contributed by atoms with van der Waals surface area (Å²) in [5.41, 5.74) is 6.40. The van der Waals surface area contributed by atoms with E-state index in [1.54, 1.807) is 6.20 Å². The summed E-state index contributed by atoms with van der Waals surface area (Å²) in [6.07, 6.45) is 2.68. The maximum atomic E-state index is 5.43. The summed E-state index contributed by atoms with van der Waals surface area (Å²) in [4.78, 5) is 8.33. The second-order valence-corrected chi connectivity index (χ2v) is 3.14. The molecule has 1 atom stereocenters. The first kappa shape index (κ1) is 9.92. The molecule has 1 rings (SSSR count). The van der Waals surface area contributed by atoms with Gasteiger partial charge in [0.25, 0.3) is 0 Å². The van der Waals surface area contributed by atoms with Gasteiger partial charge in [0.1, 0.15) is 0 Å². The molecule has 0 aliphatic heterocycles. The first-order valence-electron chi connectivity index (χ1n) is 4.48. The van der Waals surface area contributed by atoms with Gasteiger partial charge in [-0.1, -0.05) is 0 Å². The predicted octanol–water partition coefficient (Wildman–Crippen LogP) is 0.934. The predicted molar refractivity (Wildman–Crippen MR) is 53.5 cm³/mol. The van der Waals surface area contributed by atoms with E-state index in [-0.39, 0.29) is 0 Å². The van der Waals surface area contributed by atoms with E-state index in [4.69, 9.17) is 5.73 Å². The van der Waals surface area contributed by atoms with Gasteiger partial charge in [-0.25, -0.2) is 9.97 Å². The Balaban J connectivity index is 2.53. The molecule has 72 valence electrons. The topological polar surface area (TPSA) is 63.8 Å². The third kappa shape index (κ3) is 3.38. The molecule has 0 bridgehead atoms. The van der Waals surface area contributed by atoms with Crippen molar-refractivity contribution in [2.75, 3.05) is 11.9 Å². The van der Waals surface area contributed by atoms with Gasteiger partial charge in [0, 0.05) is 17.9 Å². The SMILES string of the molecule is Cc1ccnc(NC(C)CCN)n1. The number of hydrogen-bond donors (Lipinski definition) is 2. The quantitative estimate of drug-likeness (QED) is 0.723. The highest BCUT2D eigenvalue weighted by Crippen LogP contribution is 2.02. The van der Waals surface area contributed by atoms with Gasteiger partial charge >= 0.3 is 0 Å². The molecule has 0 aliphatic carbocycles. The zero-order chi connectivity index (χ0) is 9.68. The van der Waals surface area contributed by atoms with E-state index in [0.717, 1.165) is 12.1 Å². The molecule has 1 aromatic heterocycles. The van der Waals surface area contributed by atoms with Crippen LogP contribution in [-0.2, 0) is 0 Å². The molecule has 0 saturated heterocycles. The van der Waals surface area contributed by atoms with Crippen molar-refractivity contribution in [3.8, 4) is 0 Å². The van der Waals surface area contributed by atoms with Crippen molar-refractivity contribution >= 4 is 5.95 Å². The molecular weight excluding hydrogens is 164 g/mol. The molecule has 0 aromatic carbocycles. The van der Waals surface area contributed by atoms with Crippen molar-refractivity contribution in [2.45, 2.75) is 26.3 Å². The molecule has 4 heteroatoms. The van der Waals surface area contributed by atoms with Crippen LogP contribution in [0.15, 0.2) is 12.3 Å². The number of anilines is 1. The number of aromatic nitrogens is 2. The molecular formula is C9H16N4. The molecule has 1 heterocycles. The first-order chi connectivity index (χ1) is 6.22. The molecule has 0 saturated carbocycles. The van der Waals surface area contributed by atoms with Gasteiger partial charge in [0.05, 0.1) is 0 Å². The Morgan fingerprint density at radius 3 is 3.00 bits per heavy atom. The van der Waals surface area contributed by atoms with Crippen molar-refractivity contribution in [1.82, 2.24) is 9.97 Å². The highest BCUT2D eigenvalue weighted by Gasteiger charge is 2.01. The van der Waals surface area contributed by atoms with Crippen molar-refractivity contribution < 1.29 is 0 Å². The number of nitrogens with two attached hydrogens (primary N) is 1. The van der Waals surface area contributed by atoms with E-state index < -0.39 is 0 Å². The molecule has 0 spiro atoms. The average molecular weight is 180 g/mol. The van der Waals surface area contributed by atoms with Crippen LogP contribution < -0.4 is 11.1 Å². The molecule has 1 aromatic rings. The van der Waals surface area contributed by atoms with Crippen LogP contribution in [0.2, 0.25) is 0 Å². The first-order valence-corrected chi connectivity index (χ1v) is 4.48. The summed E-state index contributed by atoms with van der Waals surface area (Å²) in [6, 6.07) is 2.20. The normalized spacial score (nSPS) is 12.5. The van der Waals surface area contributed by atoms with Crippen LogP contribution in [0.3, 0.4) is 0 Å². The second kappa shape index (κ2) is 4.77. The van der Waals surface area contributed by atoms with E-state index in [0.29, 0.717) is 18.5 Å². The summed E-state index contributed by atoms with van der Waals surface area (Å²) >= 11 is 0. The number of rotatable bonds is 4. The zero-order valence-electron chi connectivity index (χ0n) is 8.12. The molecule has 1 unspecified atom stereocenters. The fourth-order valence-corrected chi connectivity index (χ4v) is 1.06. The van der Waals surface area contributed by atoms with Crippen LogP contribution >= 0.6 is 0 Å². The van der Waals surface area contributed by atoms with E-state index in [1.807, 2.05) is 13.0 Å². The lowest BCUT2D eigenvalue weighted by Crippen LogP contribution is -2.20. The number of hydrogen-bond acceptors (Lipinski definition) is 4. The van der Waals surface area contributed by atoms with Gasteiger partial charge in [-0.15, -0.1) is 0 Å². The van der Waals surface area contributed by atoms with Crippen LogP contribution in [0.4, 0.5) is 5.95 Å². The summed E-state index contributed by atoms with van der Waals surface area (Å²) in [5, 5.41) is 3.18. The minimum Gasteiger partial charge on any atom is -0.352 e. The Hall–Kier alpha value is -1.16. The largest absolute Gasteiger partial charge is 0.352 e. The number of nitrogens with one attached hydrogen (secondary N) is 1. The molecule has 4 nitrogen and oxygen atoms in total. The van der Waals surface area contributed by atoms with Crippen LogP contribution in [0.5, 0.6) is 0 Å². The molecule has 0 aliphatic rings. The Morgan fingerprint density at radius 2 is 2.38 bits per heavy atom. The molecule has 0 radical (unpaired) electrons. The van der Waals surface area contributed by atoms with Crippen molar-refractivity contribution in [2.24, 2.45) is 5.73 Å². The standard InChI is InChI=1S/C9H16N4/c1-7(3-5-10)12-9-11-6-4-8(2)13-9/h4,6-7H,3,5,10H2,1-2H3,(H,11,12,13). The van der Waals surface area contributed by atoms with Gasteiger partial charge in [0.15, 0.2) is 0 Å². The lowest BCUT2D eigenvalue weighted by molar-refractivity contribution is 0.708. The Morgan fingerprint density at radius 1 is 1.62 bits per heavy atom. The third-order valence-electron chi connectivity index (χ3n) is 1.77. The number of nitrogens with zero attached hydrogens (tertiary/aromatic N) is 2. The van der Waals surface area contributed by atoms with Gasteiger partial charge in [-0.2, -0.15) is 0 Å². The lowest BCUT2D eigenvalue weighted by atomic mass is 10.2. The average Bonchev–Trinajstić information content (AvgIpc) is 2.04. The summed E-state index contributed by atoms with van der Waals surface area (Å²) in [6.45, 7) is 4.69. The minimum atomic E-state index is 0.326. The summed E-state index contributed by atoms with van der Waals surface area (Å²) < 4.78 is 0. The van der Waals surface area contributed by atoms with E-state index in [1.165, 1.54) is 0 Å². The van der Waals surface area contributed by atoms with Gasteiger partial charge in [-0.3, -0.25) is 0 Å². The van der Waals surface area contributed by atoms with Gasteiger partial charge in [0.2, 0.25) is 5.95 Å². The lowest BCUT2D eigenvalue weighted by Gasteiger charge is -2.12. The Labute approximate surface area is 78.6 Å². The number of aryl methyl sites for hydroxylation is 1. The maximum absolute atomic E-state index is 5.43. The van der Waals surface area contributed by atoms with Gasteiger partial charge < -0.3 is 11.1 Å². The van der Waals surface area contributed by atoms with Crippen LogP contribution in [0.25, 0.3) is 0 Å². The van der Waals surface area contributed by atoms with E-state index in [9.17, 15) is 0 Å². The monoisotopic (exact) mass is 180 g/mol. The third-order valence-corrected chi connectivity index (χ3v) is 1.77. The Bertz CT molecular complexity index is 262. The highest BCUT2D eigenvalue weighted by molar-refractivity contribution is 5.25. The van der Waals surface area contributed by atoms with Crippen LogP contribution in [0.1, 0.15) is 19.0 Å². The van der Waals surface area contributed by atoms with Crippen LogP contribution in [-0.4, -0.2) is 22.6 Å². The fourth-order valence-electron chi connectivity index (χ4n) is 1.06. The maximum Gasteiger partial charge on any atom is 0.223 e. The van der Waals surface area contributed by atoms with E-state index in [2.05, 4.69) is 22.2 Å². The highest BCUT2D eigenvalue weighted by atomic mass is 15.1. The molecule has 0 fully saturated rings. The zero-order valence-corrected chi connectivity index (χ0v) is 8.12. The van der Waals surface area contributed by atoms with Crippen molar-refractivity contribution in [3.63, 3.8) is 0 Å². The summed E-state index contributed by atoms with van der Waals surface area (Å²) in [7, 11) is 0. The molecule has 3 N–H and O–H groups in total. The smallest absolute Gasteiger partial charge is 0.223 e. The summed E-state index contributed by atoms with van der Waals surface area (Å²) in [5.74, 6) is 0.681.